The van der Waals surface area contributed by atoms with Crippen molar-refractivity contribution < 1.29 is 40.5 Å². The second-order valence-electron chi connectivity index (χ2n) is 17.3. The number of likely N-dealkylation sites (N-methyl/N-ethyl adjacent to an activating group) is 1. The molecule has 0 N–H and O–H groups in total. The van der Waals surface area contributed by atoms with Gasteiger partial charge >= 0.3 is 0 Å². The van der Waals surface area contributed by atoms with E-state index < -0.39 is 0 Å². The molecule has 55 heavy (non-hydrogen) atoms. The Hall–Kier alpha value is -1.28. The summed E-state index contributed by atoms with van der Waals surface area (Å²) in [5, 5.41) is 0. The van der Waals surface area contributed by atoms with E-state index in [1.54, 1.807) is 12.1 Å². The van der Waals surface area contributed by atoms with Gasteiger partial charge in [-0.15, -0.1) is 0 Å². The number of halogens is 1. The molecule has 1 aliphatic rings. The van der Waals surface area contributed by atoms with Crippen LogP contribution in [0.1, 0.15) is 221 Å². The molecule has 0 bridgehead atoms. The third-order valence-corrected chi connectivity index (χ3v) is 11.5. The van der Waals surface area contributed by atoms with Crippen LogP contribution in [0.3, 0.4) is 0 Å². The van der Waals surface area contributed by atoms with Gasteiger partial charge in [-0.05, 0) is 25.0 Å². The molecular formula is C48H87BrN2O4. The third-order valence-electron chi connectivity index (χ3n) is 11.5. The lowest BCUT2D eigenvalue weighted by Gasteiger charge is -2.34. The maximum atomic E-state index is 12.9. The van der Waals surface area contributed by atoms with Gasteiger partial charge in [-0.25, -0.2) is 0 Å². The molecule has 0 spiro atoms. The summed E-state index contributed by atoms with van der Waals surface area (Å²) < 4.78 is 13.5. The van der Waals surface area contributed by atoms with Crippen molar-refractivity contribution in [2.24, 2.45) is 0 Å². The SMILES string of the molecule is CCCCCCCCCCCCCCCCOCC(C[N+](C)(C)CCCN1C(=O)c2ccccc2C1=O)OCCCCCCCCCCCCCCCC.[Br-]. The van der Waals surface area contributed by atoms with Gasteiger partial charge in [0.25, 0.3) is 11.8 Å². The molecule has 6 nitrogen and oxygen atoms in total. The van der Waals surface area contributed by atoms with Gasteiger partial charge in [0.05, 0.1) is 38.4 Å². The second-order valence-corrected chi connectivity index (χ2v) is 17.3. The highest BCUT2D eigenvalue weighted by Crippen LogP contribution is 2.23. The number of carbonyl (C=O) groups is 2. The predicted molar refractivity (Wildman–Crippen MR) is 229 cm³/mol. The summed E-state index contributed by atoms with van der Waals surface area (Å²) in [6.45, 7) is 9.00. The lowest BCUT2D eigenvalue weighted by atomic mass is 10.0. The van der Waals surface area contributed by atoms with E-state index in [1.807, 2.05) is 12.1 Å². The Bertz CT molecular complexity index is 1030. The monoisotopic (exact) mass is 835 g/mol. The van der Waals surface area contributed by atoms with Crippen LogP contribution in [-0.2, 0) is 9.47 Å². The minimum Gasteiger partial charge on any atom is -1.00 e. The lowest BCUT2D eigenvalue weighted by Crippen LogP contribution is -3.00. The van der Waals surface area contributed by atoms with Gasteiger partial charge in [0.2, 0.25) is 0 Å². The van der Waals surface area contributed by atoms with E-state index in [1.165, 1.54) is 172 Å². The molecule has 1 unspecified atom stereocenters. The van der Waals surface area contributed by atoms with E-state index in [4.69, 9.17) is 9.47 Å². The zero-order chi connectivity index (χ0) is 39.0. The first-order valence-corrected chi connectivity index (χ1v) is 23.4. The van der Waals surface area contributed by atoms with Crippen molar-refractivity contribution in [3.63, 3.8) is 0 Å². The van der Waals surface area contributed by atoms with Crippen molar-refractivity contribution >= 4 is 11.8 Å². The average Bonchev–Trinajstić information content (AvgIpc) is 3.40. The highest BCUT2D eigenvalue weighted by atomic mass is 79.9. The van der Waals surface area contributed by atoms with Crippen LogP contribution in [-0.4, -0.2) is 80.9 Å². The number of hydrogen-bond donors (Lipinski definition) is 0. The fourth-order valence-corrected chi connectivity index (χ4v) is 8.06. The molecule has 2 rings (SSSR count). The number of nitrogens with zero attached hydrogens (tertiary/aromatic N) is 2. The summed E-state index contributed by atoms with van der Waals surface area (Å²) in [6.07, 6.45) is 39.0. The number of rotatable bonds is 39. The first-order chi connectivity index (χ1) is 26.4. The largest absolute Gasteiger partial charge is 1.00 e. The summed E-state index contributed by atoms with van der Waals surface area (Å²) in [4.78, 5) is 27.1. The third kappa shape index (κ3) is 25.6. The van der Waals surface area contributed by atoms with Crippen molar-refractivity contribution in [3.8, 4) is 0 Å². The Morgan fingerprint density at radius 1 is 0.527 bits per heavy atom. The second kappa shape index (κ2) is 34.7. The topological polar surface area (TPSA) is 55.8 Å². The first kappa shape index (κ1) is 51.7. The summed E-state index contributed by atoms with van der Waals surface area (Å²) in [6, 6.07) is 7.17. The number of amides is 2. The Balaban J connectivity index is 0.0000151. The number of fused-ring (bicyclic) bond motifs is 1. The fourth-order valence-electron chi connectivity index (χ4n) is 8.06. The van der Waals surface area contributed by atoms with E-state index >= 15 is 0 Å². The molecule has 2 amide bonds. The van der Waals surface area contributed by atoms with E-state index in [-0.39, 0.29) is 34.9 Å². The first-order valence-electron chi connectivity index (χ1n) is 23.4. The maximum absolute atomic E-state index is 12.9. The van der Waals surface area contributed by atoms with Crippen LogP contribution in [0.15, 0.2) is 24.3 Å². The number of ether oxygens (including phenoxy) is 2. The number of hydrogen-bond acceptors (Lipinski definition) is 4. The van der Waals surface area contributed by atoms with Gasteiger partial charge in [0.15, 0.2) is 0 Å². The fraction of sp³-hybridized carbons (Fsp3) is 0.833. The summed E-state index contributed by atoms with van der Waals surface area (Å²) in [7, 11) is 4.47. The van der Waals surface area contributed by atoms with E-state index in [9.17, 15) is 9.59 Å². The molecule has 0 aromatic heterocycles. The van der Waals surface area contributed by atoms with Gasteiger partial charge in [0, 0.05) is 26.2 Å². The normalized spacial score (nSPS) is 13.4. The predicted octanol–water partition coefficient (Wildman–Crippen LogP) is 10.1. The van der Waals surface area contributed by atoms with E-state index in [0.29, 0.717) is 24.3 Å². The van der Waals surface area contributed by atoms with Gasteiger partial charge < -0.3 is 30.9 Å². The van der Waals surface area contributed by atoms with Crippen molar-refractivity contribution in [1.29, 1.82) is 0 Å². The number of unbranched alkanes of at least 4 members (excludes halogenated alkanes) is 26. The average molecular weight is 836 g/mol. The minimum absolute atomic E-state index is 0. The summed E-state index contributed by atoms with van der Waals surface area (Å²) in [5.74, 6) is -0.320. The van der Waals surface area contributed by atoms with Crippen molar-refractivity contribution in [2.45, 2.75) is 206 Å². The molecule has 320 valence electrons. The van der Waals surface area contributed by atoms with Gasteiger partial charge in [-0.2, -0.15) is 0 Å². The molecule has 0 saturated carbocycles. The highest BCUT2D eigenvalue weighted by Gasteiger charge is 2.35. The standard InChI is InChI=1S/C48H87N2O4.BrH/c1-5-7-9-11-13-15-17-19-21-23-25-27-29-33-40-53-43-44(54-41-34-30-28-26-24-22-20-18-16-14-12-10-8-6-2)42-50(3,4)39-35-38-49-47(51)45-36-31-32-37-46(45)48(49)52;/h31-32,36-37,44H,5-30,33-35,38-43H2,1-4H3;1H/q+1;/p-1. The maximum Gasteiger partial charge on any atom is 0.261 e. The van der Waals surface area contributed by atoms with Crippen LogP contribution < -0.4 is 17.0 Å². The number of carbonyl (C=O) groups excluding carboxylic acids is 2. The molecule has 0 aliphatic carbocycles. The Morgan fingerprint density at radius 2 is 0.891 bits per heavy atom. The molecule has 1 aromatic carbocycles. The molecule has 1 heterocycles. The van der Waals surface area contributed by atoms with Crippen LogP contribution in [0.4, 0.5) is 0 Å². The molecule has 1 aromatic rings. The van der Waals surface area contributed by atoms with Crippen LogP contribution >= 0.6 is 0 Å². The molecule has 7 heteroatoms. The lowest BCUT2D eigenvalue weighted by molar-refractivity contribution is -0.893. The van der Waals surface area contributed by atoms with Crippen molar-refractivity contribution in [1.82, 2.24) is 4.90 Å². The Morgan fingerprint density at radius 3 is 1.29 bits per heavy atom. The number of benzene rings is 1. The van der Waals surface area contributed by atoms with Gasteiger partial charge in [-0.3, -0.25) is 14.5 Å². The van der Waals surface area contributed by atoms with Gasteiger partial charge in [0.1, 0.15) is 12.6 Å². The van der Waals surface area contributed by atoms with Crippen LogP contribution in [0, 0.1) is 0 Å². The van der Waals surface area contributed by atoms with Crippen molar-refractivity contribution in [3.05, 3.63) is 35.4 Å². The van der Waals surface area contributed by atoms with Crippen LogP contribution in [0.2, 0.25) is 0 Å². The van der Waals surface area contributed by atoms with E-state index in [0.717, 1.165) is 50.0 Å². The zero-order valence-corrected chi connectivity index (χ0v) is 38.1. The molecule has 1 atom stereocenters. The van der Waals surface area contributed by atoms with Crippen molar-refractivity contribution in [2.75, 3.05) is 53.6 Å². The van der Waals surface area contributed by atoms with Crippen LogP contribution in [0.5, 0.6) is 0 Å². The Labute approximate surface area is 351 Å². The highest BCUT2D eigenvalue weighted by molar-refractivity contribution is 6.21. The molecule has 0 saturated heterocycles. The zero-order valence-electron chi connectivity index (χ0n) is 36.5. The number of quaternary nitrogens is 1. The molecule has 0 fully saturated rings. The number of imide groups is 1. The van der Waals surface area contributed by atoms with Gasteiger partial charge in [-0.1, -0.05) is 193 Å². The molecule has 1 aliphatic heterocycles. The minimum atomic E-state index is -0.160. The smallest absolute Gasteiger partial charge is 0.261 e. The summed E-state index contributed by atoms with van der Waals surface area (Å²) in [5.41, 5.74) is 1.06. The summed E-state index contributed by atoms with van der Waals surface area (Å²) >= 11 is 0. The Kier molecular flexibility index (Phi) is 32.7. The van der Waals surface area contributed by atoms with E-state index in [2.05, 4.69) is 27.9 Å². The van der Waals surface area contributed by atoms with Crippen LogP contribution in [0.25, 0.3) is 0 Å². The molecular weight excluding hydrogens is 748 g/mol. The quantitative estimate of drug-likeness (QED) is 0.0377. The molecule has 0 radical (unpaired) electrons.